The van der Waals surface area contributed by atoms with Gasteiger partial charge in [0, 0.05) is 5.88 Å². The van der Waals surface area contributed by atoms with Gasteiger partial charge in [0.1, 0.15) is 0 Å². The van der Waals surface area contributed by atoms with Gasteiger partial charge in [0.05, 0.1) is 5.75 Å². The Morgan fingerprint density at radius 1 is 1.40 bits per heavy atom. The first-order chi connectivity index (χ1) is 4.06. The summed E-state index contributed by atoms with van der Waals surface area (Å²) in [6.45, 7) is 0. The zero-order valence-electron chi connectivity index (χ0n) is 6.88. The normalized spacial score (nSPS) is 10.6. The Labute approximate surface area is 89.7 Å². The number of unbranched alkanes of at least 4 members (excludes halogenated alkanes) is 1. The van der Waals surface area contributed by atoms with Crippen LogP contribution in [0.15, 0.2) is 0 Å². The van der Waals surface area contributed by atoms with Gasteiger partial charge in [-0.25, -0.2) is 0 Å². The molecule has 0 bridgehead atoms. The third-order valence-electron chi connectivity index (χ3n) is 0.786. The molecule has 0 fully saturated rings. The summed E-state index contributed by atoms with van der Waals surface area (Å²) in [6.07, 6.45) is 1.06. The molecular weight excluding hydrogens is 187 g/mol. The summed E-state index contributed by atoms with van der Waals surface area (Å²) in [7, 11) is -3.76. The van der Waals surface area contributed by atoms with E-state index in [0.29, 0.717) is 18.7 Å². The summed E-state index contributed by atoms with van der Waals surface area (Å²) in [5.41, 5.74) is 0. The molecule has 0 spiro atoms. The first-order valence-electron chi connectivity index (χ1n) is 2.57. The van der Waals surface area contributed by atoms with Crippen molar-refractivity contribution in [3.8, 4) is 0 Å². The maximum atomic E-state index is 10.0. The molecule has 0 radical (unpaired) electrons. The van der Waals surface area contributed by atoms with Crippen molar-refractivity contribution < 1.29 is 44.0 Å². The summed E-state index contributed by atoms with van der Waals surface area (Å²) < 4.78 is 28.2. The van der Waals surface area contributed by atoms with Crippen molar-refractivity contribution >= 4 is 21.7 Å². The number of alkyl halides is 1. The standard InChI is InChI=1S/C4H9ClO3S.Na.H/c5-3-1-2-4-9(6,7)8;;/h1-4H2,(H,6,7,8);;/q;+1;-1. The topological polar surface area (TPSA) is 54.4 Å². The SMILES string of the molecule is O=S(=O)(O)CCCCCl.[H-].[Na+]. The van der Waals surface area contributed by atoms with Gasteiger partial charge in [0.2, 0.25) is 0 Å². The van der Waals surface area contributed by atoms with Crippen LogP contribution in [0.25, 0.3) is 0 Å². The maximum Gasteiger partial charge on any atom is 1.00 e. The van der Waals surface area contributed by atoms with E-state index >= 15 is 0 Å². The predicted octanol–water partition coefficient (Wildman–Crippen LogP) is -1.99. The van der Waals surface area contributed by atoms with Gasteiger partial charge in [-0.1, -0.05) is 0 Å². The van der Waals surface area contributed by atoms with E-state index < -0.39 is 10.1 Å². The average molecular weight is 197 g/mol. The van der Waals surface area contributed by atoms with E-state index in [1.807, 2.05) is 0 Å². The van der Waals surface area contributed by atoms with Gasteiger partial charge < -0.3 is 1.43 Å². The van der Waals surface area contributed by atoms with Crippen molar-refractivity contribution in [1.29, 1.82) is 0 Å². The molecule has 1 N–H and O–H groups in total. The molecule has 0 atom stereocenters. The van der Waals surface area contributed by atoms with Crippen LogP contribution in [0.4, 0.5) is 0 Å². The van der Waals surface area contributed by atoms with Crippen molar-refractivity contribution in [1.82, 2.24) is 0 Å². The molecule has 0 aromatic heterocycles. The molecule has 3 nitrogen and oxygen atoms in total. The third kappa shape index (κ3) is 11.9. The molecule has 0 saturated heterocycles. The van der Waals surface area contributed by atoms with E-state index in [9.17, 15) is 8.42 Å². The van der Waals surface area contributed by atoms with Gasteiger partial charge in [-0.2, -0.15) is 8.42 Å². The summed E-state index contributed by atoms with van der Waals surface area (Å²) in [5, 5.41) is 0. The zero-order valence-corrected chi connectivity index (χ0v) is 9.45. The second-order valence-electron chi connectivity index (χ2n) is 1.68. The molecule has 10 heavy (non-hydrogen) atoms. The zero-order chi connectivity index (χ0) is 7.33. The Hall–Kier alpha value is 1.20. The van der Waals surface area contributed by atoms with Gasteiger partial charge >= 0.3 is 29.6 Å². The van der Waals surface area contributed by atoms with Gasteiger partial charge in [-0.3, -0.25) is 4.55 Å². The summed E-state index contributed by atoms with van der Waals surface area (Å²) >= 11 is 5.25. The average Bonchev–Trinajstić information content (AvgIpc) is 1.63. The van der Waals surface area contributed by atoms with Crippen LogP contribution in [-0.4, -0.2) is 24.6 Å². The number of halogens is 1. The Morgan fingerprint density at radius 3 is 2.20 bits per heavy atom. The predicted molar refractivity (Wildman–Crippen MR) is 37.5 cm³/mol. The van der Waals surface area contributed by atoms with E-state index in [0.717, 1.165) is 0 Å². The van der Waals surface area contributed by atoms with E-state index in [1.54, 1.807) is 0 Å². The van der Waals surface area contributed by atoms with Crippen molar-refractivity contribution in [3.63, 3.8) is 0 Å². The molecule has 0 rings (SSSR count). The smallest absolute Gasteiger partial charge is 1.00 e. The van der Waals surface area contributed by atoms with Crippen molar-refractivity contribution in [2.45, 2.75) is 12.8 Å². The molecule has 0 aliphatic rings. The Kier molecular flexibility index (Phi) is 9.48. The summed E-state index contributed by atoms with van der Waals surface area (Å²) in [4.78, 5) is 0. The van der Waals surface area contributed by atoms with Crippen LogP contribution >= 0.6 is 11.6 Å². The molecule has 0 aromatic rings. The van der Waals surface area contributed by atoms with Crippen LogP contribution in [-0.2, 0) is 10.1 Å². The first-order valence-corrected chi connectivity index (χ1v) is 4.72. The second kappa shape index (κ2) is 6.88. The molecule has 0 heterocycles. The molecule has 0 aliphatic carbocycles. The number of hydrogen-bond acceptors (Lipinski definition) is 2. The quantitative estimate of drug-likeness (QED) is 0.245. The van der Waals surface area contributed by atoms with Crippen molar-refractivity contribution in [3.05, 3.63) is 0 Å². The minimum atomic E-state index is -3.76. The fourth-order valence-electron chi connectivity index (χ4n) is 0.379. The minimum Gasteiger partial charge on any atom is -1.00 e. The van der Waals surface area contributed by atoms with E-state index in [-0.39, 0.29) is 36.7 Å². The van der Waals surface area contributed by atoms with Crippen LogP contribution in [0.3, 0.4) is 0 Å². The van der Waals surface area contributed by atoms with E-state index in [4.69, 9.17) is 16.2 Å². The molecule has 0 saturated carbocycles. The van der Waals surface area contributed by atoms with Crippen LogP contribution in [0, 0.1) is 0 Å². The molecular formula is C4H10ClNaO3S. The monoisotopic (exact) mass is 196 g/mol. The van der Waals surface area contributed by atoms with Crippen molar-refractivity contribution in [2.75, 3.05) is 11.6 Å². The summed E-state index contributed by atoms with van der Waals surface area (Å²) in [5.74, 6) is 0.259. The van der Waals surface area contributed by atoms with Gasteiger partial charge in [-0.15, -0.1) is 11.6 Å². The van der Waals surface area contributed by atoms with Crippen molar-refractivity contribution in [2.24, 2.45) is 0 Å². The Morgan fingerprint density at radius 2 is 1.90 bits per heavy atom. The maximum absolute atomic E-state index is 10.0. The van der Waals surface area contributed by atoms with Gasteiger partial charge in [0.15, 0.2) is 0 Å². The van der Waals surface area contributed by atoms with Gasteiger partial charge in [-0.05, 0) is 12.8 Å². The Balaban J connectivity index is -0.000000320. The first kappa shape index (κ1) is 13.8. The summed E-state index contributed by atoms with van der Waals surface area (Å²) in [6, 6.07) is 0. The largest absolute Gasteiger partial charge is 1.00 e. The fraction of sp³-hybridized carbons (Fsp3) is 1.00. The molecule has 0 amide bonds. The van der Waals surface area contributed by atoms with Crippen LogP contribution < -0.4 is 29.6 Å². The molecule has 6 heteroatoms. The minimum absolute atomic E-state index is 0. The van der Waals surface area contributed by atoms with Gasteiger partial charge in [0.25, 0.3) is 10.1 Å². The molecule has 0 aromatic carbocycles. The molecule has 0 unspecified atom stereocenters. The fourth-order valence-corrected chi connectivity index (χ4v) is 1.14. The third-order valence-corrected chi connectivity index (χ3v) is 1.86. The van der Waals surface area contributed by atoms with Crippen LogP contribution in [0.1, 0.15) is 14.3 Å². The number of hydrogen-bond donors (Lipinski definition) is 1. The molecule has 58 valence electrons. The number of rotatable bonds is 4. The van der Waals surface area contributed by atoms with Crippen LogP contribution in [0.2, 0.25) is 0 Å². The Bertz CT molecular complexity index is 161. The second-order valence-corrected chi connectivity index (χ2v) is 3.63. The van der Waals surface area contributed by atoms with E-state index in [2.05, 4.69) is 0 Å². The van der Waals surface area contributed by atoms with Crippen LogP contribution in [0.5, 0.6) is 0 Å². The van der Waals surface area contributed by atoms with E-state index in [1.165, 1.54) is 0 Å². The molecule has 0 aliphatic heterocycles.